The van der Waals surface area contributed by atoms with Crippen LogP contribution in [-0.2, 0) is 32.4 Å². The standard InChI is InChI=1S/C17H27N7S/c1-4-13-9-19-16(25-13)10-20-17(18-6-3)21-12-7-8-15-22-14(5-2)23-24(15)11-12/h9,12H,4-8,10-11H2,1-3H3,(H2,18,20,21). The Balaban J connectivity index is 1.62. The molecule has 3 rings (SSSR count). The van der Waals surface area contributed by atoms with Crippen molar-refractivity contribution in [3.63, 3.8) is 0 Å². The van der Waals surface area contributed by atoms with Crippen LogP contribution in [0.25, 0.3) is 0 Å². The van der Waals surface area contributed by atoms with E-state index in [-0.39, 0.29) is 0 Å². The van der Waals surface area contributed by atoms with E-state index in [0.29, 0.717) is 12.6 Å². The molecule has 0 aromatic carbocycles. The Kier molecular flexibility index (Phi) is 6.01. The SMILES string of the molecule is CCNC(=NCc1ncc(CC)s1)NC1CCc2nc(CC)nn2C1. The predicted octanol–water partition coefficient (Wildman–Crippen LogP) is 1.93. The largest absolute Gasteiger partial charge is 0.357 e. The monoisotopic (exact) mass is 361 g/mol. The summed E-state index contributed by atoms with van der Waals surface area (Å²) in [6, 6.07) is 0.319. The molecule has 1 unspecified atom stereocenters. The number of thiazole rings is 1. The molecule has 2 N–H and O–H groups in total. The molecule has 0 fully saturated rings. The summed E-state index contributed by atoms with van der Waals surface area (Å²) in [4.78, 5) is 15.0. The zero-order chi connectivity index (χ0) is 17.6. The average Bonchev–Trinajstić information content (AvgIpc) is 3.25. The minimum atomic E-state index is 0.319. The Bertz CT molecular complexity index is 718. The molecule has 0 saturated heterocycles. The highest BCUT2D eigenvalue weighted by Gasteiger charge is 2.22. The molecular weight excluding hydrogens is 334 g/mol. The summed E-state index contributed by atoms with van der Waals surface area (Å²) < 4.78 is 2.04. The van der Waals surface area contributed by atoms with Gasteiger partial charge in [0, 0.05) is 36.5 Å². The lowest BCUT2D eigenvalue weighted by atomic mass is 10.1. The van der Waals surface area contributed by atoms with Crippen LogP contribution in [-0.4, -0.2) is 38.3 Å². The van der Waals surface area contributed by atoms with Gasteiger partial charge < -0.3 is 10.6 Å². The fourth-order valence-electron chi connectivity index (χ4n) is 2.87. The van der Waals surface area contributed by atoms with Crippen molar-refractivity contribution >= 4 is 17.3 Å². The number of nitrogens with zero attached hydrogens (tertiary/aromatic N) is 5. The number of fused-ring (bicyclic) bond motifs is 1. The third-order valence-corrected chi connectivity index (χ3v) is 5.35. The van der Waals surface area contributed by atoms with Crippen LogP contribution in [0, 0.1) is 0 Å². The van der Waals surface area contributed by atoms with Crippen molar-refractivity contribution in [2.45, 2.75) is 65.6 Å². The fourth-order valence-corrected chi connectivity index (χ4v) is 3.66. The predicted molar refractivity (Wildman–Crippen MR) is 101 cm³/mol. The van der Waals surface area contributed by atoms with Gasteiger partial charge in [0.05, 0.1) is 13.1 Å². The molecule has 3 heterocycles. The van der Waals surface area contributed by atoms with Crippen molar-refractivity contribution in [1.82, 2.24) is 30.4 Å². The Morgan fingerprint density at radius 2 is 2.24 bits per heavy atom. The van der Waals surface area contributed by atoms with Gasteiger partial charge in [-0.15, -0.1) is 11.3 Å². The molecule has 1 aliphatic heterocycles. The minimum absolute atomic E-state index is 0.319. The molecule has 0 aliphatic carbocycles. The molecule has 1 aliphatic rings. The number of guanidine groups is 1. The van der Waals surface area contributed by atoms with Gasteiger partial charge in [-0.2, -0.15) is 5.10 Å². The second-order valence-corrected chi connectivity index (χ2v) is 7.33. The van der Waals surface area contributed by atoms with E-state index in [4.69, 9.17) is 4.99 Å². The highest BCUT2D eigenvalue weighted by atomic mass is 32.1. The van der Waals surface area contributed by atoms with E-state index in [1.807, 2.05) is 10.9 Å². The molecule has 0 saturated carbocycles. The van der Waals surface area contributed by atoms with E-state index in [2.05, 4.69) is 46.5 Å². The van der Waals surface area contributed by atoms with Crippen molar-refractivity contribution in [3.8, 4) is 0 Å². The van der Waals surface area contributed by atoms with Crippen LogP contribution in [0.1, 0.15) is 48.7 Å². The zero-order valence-electron chi connectivity index (χ0n) is 15.2. The summed E-state index contributed by atoms with van der Waals surface area (Å²) in [5.74, 6) is 2.89. The summed E-state index contributed by atoms with van der Waals surface area (Å²) in [6.45, 7) is 8.61. The van der Waals surface area contributed by atoms with Gasteiger partial charge in [0.2, 0.25) is 0 Å². The average molecular weight is 362 g/mol. The summed E-state index contributed by atoms with van der Waals surface area (Å²) in [5.41, 5.74) is 0. The Morgan fingerprint density at radius 1 is 1.36 bits per heavy atom. The van der Waals surface area contributed by atoms with Crippen LogP contribution in [0.2, 0.25) is 0 Å². The van der Waals surface area contributed by atoms with E-state index in [9.17, 15) is 0 Å². The third-order valence-electron chi connectivity index (χ3n) is 4.23. The number of aromatic nitrogens is 4. The van der Waals surface area contributed by atoms with Crippen molar-refractivity contribution in [3.05, 3.63) is 27.7 Å². The number of nitrogens with one attached hydrogen (secondary N) is 2. The quantitative estimate of drug-likeness (QED) is 0.607. The molecule has 8 heteroatoms. The molecule has 0 amide bonds. The molecule has 136 valence electrons. The van der Waals surface area contributed by atoms with E-state index in [1.165, 1.54) is 4.88 Å². The highest BCUT2D eigenvalue weighted by molar-refractivity contribution is 7.11. The number of rotatable bonds is 6. The zero-order valence-corrected chi connectivity index (χ0v) is 16.1. The molecule has 1 atom stereocenters. The van der Waals surface area contributed by atoms with Gasteiger partial charge in [0.25, 0.3) is 0 Å². The first-order valence-corrected chi connectivity index (χ1v) is 9.94. The number of hydrogen-bond acceptors (Lipinski definition) is 5. The lowest BCUT2D eigenvalue weighted by molar-refractivity contribution is 0.392. The first kappa shape index (κ1) is 17.8. The first-order chi connectivity index (χ1) is 12.2. The van der Waals surface area contributed by atoms with E-state index in [0.717, 1.165) is 61.4 Å². The van der Waals surface area contributed by atoms with Gasteiger partial charge >= 0.3 is 0 Å². The van der Waals surface area contributed by atoms with Gasteiger partial charge in [0.15, 0.2) is 11.8 Å². The van der Waals surface area contributed by atoms with Crippen LogP contribution in [0.15, 0.2) is 11.2 Å². The maximum Gasteiger partial charge on any atom is 0.191 e. The van der Waals surface area contributed by atoms with Crippen LogP contribution in [0.5, 0.6) is 0 Å². The van der Waals surface area contributed by atoms with Gasteiger partial charge in [0.1, 0.15) is 10.8 Å². The molecule has 7 nitrogen and oxygen atoms in total. The highest BCUT2D eigenvalue weighted by Crippen LogP contribution is 2.15. The summed E-state index contributed by atoms with van der Waals surface area (Å²) in [5, 5.41) is 12.5. The lowest BCUT2D eigenvalue weighted by Gasteiger charge is -2.25. The molecule has 2 aromatic heterocycles. The van der Waals surface area contributed by atoms with Crippen LogP contribution in [0.4, 0.5) is 0 Å². The second kappa shape index (κ2) is 8.42. The van der Waals surface area contributed by atoms with Gasteiger partial charge in [-0.25, -0.2) is 19.6 Å². The lowest BCUT2D eigenvalue weighted by Crippen LogP contribution is -2.47. The van der Waals surface area contributed by atoms with Gasteiger partial charge in [-0.05, 0) is 19.8 Å². The van der Waals surface area contributed by atoms with Crippen LogP contribution in [0.3, 0.4) is 0 Å². The third kappa shape index (κ3) is 4.56. The van der Waals surface area contributed by atoms with Crippen molar-refractivity contribution < 1.29 is 0 Å². The minimum Gasteiger partial charge on any atom is -0.357 e. The van der Waals surface area contributed by atoms with Crippen molar-refractivity contribution in [2.24, 2.45) is 4.99 Å². The number of hydrogen-bond donors (Lipinski definition) is 2. The Morgan fingerprint density at radius 3 is 2.96 bits per heavy atom. The van der Waals surface area contributed by atoms with Gasteiger partial charge in [-0.3, -0.25) is 0 Å². The normalized spacial score (nSPS) is 17.4. The van der Waals surface area contributed by atoms with Crippen molar-refractivity contribution in [2.75, 3.05) is 6.54 Å². The number of aryl methyl sites for hydroxylation is 3. The summed E-state index contributed by atoms with van der Waals surface area (Å²) in [6.07, 6.45) is 5.87. The van der Waals surface area contributed by atoms with E-state index < -0.39 is 0 Å². The topological polar surface area (TPSA) is 80.0 Å². The number of aliphatic imine (C=N–C) groups is 1. The maximum atomic E-state index is 4.70. The molecule has 0 spiro atoms. The molecule has 0 bridgehead atoms. The van der Waals surface area contributed by atoms with Crippen LogP contribution >= 0.6 is 11.3 Å². The van der Waals surface area contributed by atoms with Gasteiger partial charge in [-0.1, -0.05) is 13.8 Å². The summed E-state index contributed by atoms with van der Waals surface area (Å²) in [7, 11) is 0. The summed E-state index contributed by atoms with van der Waals surface area (Å²) >= 11 is 1.74. The molecule has 2 aromatic rings. The first-order valence-electron chi connectivity index (χ1n) is 9.12. The molecule has 0 radical (unpaired) electrons. The van der Waals surface area contributed by atoms with Crippen LogP contribution < -0.4 is 10.6 Å². The van der Waals surface area contributed by atoms with Crippen molar-refractivity contribution in [1.29, 1.82) is 0 Å². The van der Waals surface area contributed by atoms with E-state index in [1.54, 1.807) is 11.3 Å². The second-order valence-electron chi connectivity index (χ2n) is 6.13. The maximum absolute atomic E-state index is 4.70. The Hall–Kier alpha value is -1.96. The molecule has 25 heavy (non-hydrogen) atoms. The Labute approximate surface area is 153 Å². The van der Waals surface area contributed by atoms with E-state index >= 15 is 0 Å². The smallest absolute Gasteiger partial charge is 0.191 e. The fraction of sp³-hybridized carbons (Fsp3) is 0.647. The molecular formula is C17H27N7S.